The van der Waals surface area contributed by atoms with Crippen LogP contribution in [0.2, 0.25) is 0 Å². The monoisotopic (exact) mass is 421 g/mol. The van der Waals surface area contributed by atoms with Crippen molar-refractivity contribution in [2.24, 2.45) is 5.41 Å². The number of carbonyl (C=O) groups excluding carboxylic acids is 2. The van der Waals surface area contributed by atoms with E-state index in [1.807, 2.05) is 61.5 Å². The van der Waals surface area contributed by atoms with Crippen LogP contribution in [0.25, 0.3) is 5.57 Å². The molecule has 1 aromatic carbocycles. The van der Waals surface area contributed by atoms with Crippen LogP contribution >= 0.6 is 11.6 Å². The van der Waals surface area contributed by atoms with Gasteiger partial charge in [0.25, 0.3) is 11.8 Å². The zero-order valence-electron chi connectivity index (χ0n) is 17.0. The summed E-state index contributed by atoms with van der Waals surface area (Å²) in [5.74, 6) is -0.234. The van der Waals surface area contributed by atoms with E-state index < -0.39 is 5.41 Å². The van der Waals surface area contributed by atoms with Crippen LogP contribution in [-0.2, 0) is 4.79 Å². The van der Waals surface area contributed by atoms with E-state index in [2.05, 4.69) is 16.7 Å². The molecule has 0 radical (unpaired) electrons. The fourth-order valence-electron chi connectivity index (χ4n) is 4.05. The third kappa shape index (κ3) is 3.66. The van der Waals surface area contributed by atoms with Crippen molar-refractivity contribution < 1.29 is 9.59 Å². The van der Waals surface area contributed by atoms with Crippen LogP contribution in [0.3, 0.4) is 0 Å². The Bertz CT molecular complexity index is 1040. The molecule has 0 aromatic heterocycles. The number of rotatable bonds is 5. The number of allylic oxidation sites excluding steroid dienone is 6. The normalized spacial score (nSPS) is 22.2. The summed E-state index contributed by atoms with van der Waals surface area (Å²) in [6.07, 6.45) is 11.9. The maximum absolute atomic E-state index is 12.8. The van der Waals surface area contributed by atoms with E-state index in [1.54, 1.807) is 12.1 Å². The Morgan fingerprint density at radius 3 is 2.73 bits per heavy atom. The van der Waals surface area contributed by atoms with Gasteiger partial charge in [-0.05, 0) is 55.1 Å². The molecule has 1 aliphatic heterocycles. The van der Waals surface area contributed by atoms with Crippen molar-refractivity contribution in [3.63, 3.8) is 0 Å². The standard InChI is InChI=1S/C24H24ClN3O2/c1-28(2)13-12-26-22(29)17-8-6-16(7-9-17)21-20-5-3-4-18-14-19(25)10-11-24(18,20)15-27-23(21)30/h3-11,14H,12-13,15H2,1-2H3,(H,26,29)(H,27,30). The topological polar surface area (TPSA) is 61.4 Å². The second-order valence-electron chi connectivity index (χ2n) is 7.92. The molecule has 1 unspecified atom stereocenters. The minimum Gasteiger partial charge on any atom is -0.351 e. The van der Waals surface area contributed by atoms with Gasteiger partial charge >= 0.3 is 0 Å². The number of nitrogens with zero attached hydrogens (tertiary/aromatic N) is 1. The summed E-state index contributed by atoms with van der Waals surface area (Å²) in [4.78, 5) is 27.2. The minimum atomic E-state index is -0.418. The van der Waals surface area contributed by atoms with E-state index in [-0.39, 0.29) is 11.8 Å². The van der Waals surface area contributed by atoms with Crippen molar-refractivity contribution in [3.05, 3.63) is 88.0 Å². The van der Waals surface area contributed by atoms with Gasteiger partial charge in [0.05, 0.1) is 11.0 Å². The van der Waals surface area contributed by atoms with Gasteiger partial charge in [0, 0.05) is 30.2 Å². The zero-order valence-corrected chi connectivity index (χ0v) is 17.8. The van der Waals surface area contributed by atoms with Crippen molar-refractivity contribution in [2.75, 3.05) is 33.7 Å². The lowest BCUT2D eigenvalue weighted by atomic mass is 9.65. The van der Waals surface area contributed by atoms with Crippen molar-refractivity contribution in [1.82, 2.24) is 15.5 Å². The molecule has 154 valence electrons. The minimum absolute atomic E-state index is 0.112. The molecule has 1 heterocycles. The number of carbonyl (C=O) groups is 2. The second kappa shape index (κ2) is 8.09. The van der Waals surface area contributed by atoms with Crippen molar-refractivity contribution in [1.29, 1.82) is 0 Å². The predicted octanol–water partition coefficient (Wildman–Crippen LogP) is 3.04. The maximum Gasteiger partial charge on any atom is 0.252 e. The SMILES string of the molecule is CN(C)CCNC(=O)c1ccc(C2=C3C=CC=C4C=C(Cl)C=CC43CNC2=O)cc1. The Morgan fingerprint density at radius 1 is 1.23 bits per heavy atom. The molecule has 2 amide bonds. The summed E-state index contributed by atoms with van der Waals surface area (Å²) < 4.78 is 0. The van der Waals surface area contributed by atoms with Gasteiger partial charge in [0.2, 0.25) is 0 Å². The molecule has 4 rings (SSSR count). The predicted molar refractivity (Wildman–Crippen MR) is 120 cm³/mol. The zero-order chi connectivity index (χ0) is 21.3. The average Bonchev–Trinajstić information content (AvgIpc) is 2.73. The molecule has 1 spiro atoms. The number of hydrogen-bond acceptors (Lipinski definition) is 3. The highest BCUT2D eigenvalue weighted by Gasteiger charge is 2.43. The second-order valence-corrected chi connectivity index (χ2v) is 8.36. The molecule has 6 heteroatoms. The van der Waals surface area contributed by atoms with Gasteiger partial charge in [-0.25, -0.2) is 0 Å². The van der Waals surface area contributed by atoms with Gasteiger partial charge in [-0.15, -0.1) is 0 Å². The van der Waals surface area contributed by atoms with Crippen LogP contribution in [-0.4, -0.2) is 50.4 Å². The van der Waals surface area contributed by atoms with Gasteiger partial charge in [-0.3, -0.25) is 9.59 Å². The maximum atomic E-state index is 12.8. The molecule has 1 atom stereocenters. The fraction of sp³-hybridized carbons (Fsp3) is 0.250. The number of benzene rings is 1. The molecule has 0 saturated heterocycles. The van der Waals surface area contributed by atoms with Crippen LogP contribution in [0.4, 0.5) is 0 Å². The van der Waals surface area contributed by atoms with Crippen molar-refractivity contribution in [3.8, 4) is 0 Å². The summed E-state index contributed by atoms with van der Waals surface area (Å²) >= 11 is 6.21. The van der Waals surface area contributed by atoms with E-state index >= 15 is 0 Å². The molecule has 5 nitrogen and oxygen atoms in total. The molecule has 3 aliphatic rings. The van der Waals surface area contributed by atoms with Crippen LogP contribution in [0.15, 0.2) is 76.9 Å². The van der Waals surface area contributed by atoms with Crippen LogP contribution in [0.5, 0.6) is 0 Å². The highest BCUT2D eigenvalue weighted by molar-refractivity contribution is 6.31. The fourth-order valence-corrected chi connectivity index (χ4v) is 4.23. The Morgan fingerprint density at radius 2 is 2.00 bits per heavy atom. The number of likely N-dealkylation sites (N-methyl/N-ethyl adjacent to an activating group) is 1. The quantitative estimate of drug-likeness (QED) is 0.768. The number of hydrogen-bond donors (Lipinski definition) is 2. The highest BCUT2D eigenvalue weighted by atomic mass is 35.5. The molecular formula is C24H24ClN3O2. The molecule has 30 heavy (non-hydrogen) atoms. The first-order valence-electron chi connectivity index (χ1n) is 9.92. The average molecular weight is 422 g/mol. The van der Waals surface area contributed by atoms with E-state index in [0.717, 1.165) is 23.3 Å². The lowest BCUT2D eigenvalue weighted by Crippen LogP contribution is -2.45. The Kier molecular flexibility index (Phi) is 5.50. The number of amides is 2. The van der Waals surface area contributed by atoms with Crippen LogP contribution < -0.4 is 10.6 Å². The Balaban J connectivity index is 1.65. The van der Waals surface area contributed by atoms with E-state index in [0.29, 0.717) is 29.3 Å². The highest BCUT2D eigenvalue weighted by Crippen LogP contribution is 2.48. The smallest absolute Gasteiger partial charge is 0.252 e. The summed E-state index contributed by atoms with van der Waals surface area (Å²) in [6.45, 7) is 1.84. The molecule has 0 fully saturated rings. The Labute approximate surface area is 181 Å². The van der Waals surface area contributed by atoms with Gasteiger partial charge in [-0.1, -0.05) is 48.0 Å². The summed E-state index contributed by atoms with van der Waals surface area (Å²) in [6, 6.07) is 7.20. The van der Waals surface area contributed by atoms with Gasteiger partial charge in [-0.2, -0.15) is 0 Å². The molecule has 2 aliphatic carbocycles. The summed E-state index contributed by atoms with van der Waals surface area (Å²) in [5.41, 5.74) is 3.56. The van der Waals surface area contributed by atoms with Gasteiger partial charge < -0.3 is 15.5 Å². The number of halogens is 1. The van der Waals surface area contributed by atoms with E-state index in [9.17, 15) is 9.59 Å². The third-order valence-electron chi connectivity index (χ3n) is 5.66. The first-order valence-corrected chi connectivity index (χ1v) is 10.3. The van der Waals surface area contributed by atoms with Gasteiger partial charge in [0.1, 0.15) is 0 Å². The molecular weight excluding hydrogens is 398 g/mol. The van der Waals surface area contributed by atoms with Crippen LogP contribution in [0.1, 0.15) is 15.9 Å². The summed E-state index contributed by atoms with van der Waals surface area (Å²) in [5, 5.41) is 6.61. The third-order valence-corrected chi connectivity index (χ3v) is 5.89. The van der Waals surface area contributed by atoms with Crippen LogP contribution in [0, 0.1) is 5.41 Å². The lowest BCUT2D eigenvalue weighted by molar-refractivity contribution is -0.116. The molecule has 0 bridgehead atoms. The van der Waals surface area contributed by atoms with Gasteiger partial charge in [0.15, 0.2) is 0 Å². The summed E-state index contributed by atoms with van der Waals surface area (Å²) in [7, 11) is 3.92. The molecule has 0 saturated carbocycles. The van der Waals surface area contributed by atoms with Crippen molar-refractivity contribution >= 4 is 29.0 Å². The first-order chi connectivity index (χ1) is 14.4. The first kappa shape index (κ1) is 20.4. The molecule has 2 N–H and O–H groups in total. The van der Waals surface area contributed by atoms with Crippen molar-refractivity contribution in [2.45, 2.75) is 0 Å². The van der Waals surface area contributed by atoms with E-state index in [1.165, 1.54) is 0 Å². The Hall–Kier alpha value is -2.89. The molecule has 1 aromatic rings. The van der Waals surface area contributed by atoms with E-state index in [4.69, 9.17) is 11.6 Å². The largest absolute Gasteiger partial charge is 0.351 e. The number of nitrogens with one attached hydrogen (secondary N) is 2. The lowest BCUT2D eigenvalue weighted by Gasteiger charge is -2.41.